The molecule has 4 aromatic rings. The third-order valence-electron chi connectivity index (χ3n) is 11.8. The number of benzene rings is 2. The first-order valence-corrected chi connectivity index (χ1v) is 23.2. The van der Waals surface area contributed by atoms with Gasteiger partial charge in [0.05, 0.1) is 32.3 Å². The van der Waals surface area contributed by atoms with E-state index < -0.39 is 35.0 Å². The maximum Gasteiger partial charge on any atom is 0.343 e. The average molecular weight is 905 g/mol. The smallest absolute Gasteiger partial charge is 0.343 e. The molecular weight excluding hydrogens is 853 g/mol. The minimum atomic E-state index is -1.54. The minimum absolute atomic E-state index is 0.196. The summed E-state index contributed by atoms with van der Waals surface area (Å²) in [6.07, 6.45) is 9.82. The van der Waals surface area contributed by atoms with E-state index in [1.165, 1.54) is 22.7 Å². The van der Waals surface area contributed by atoms with Crippen molar-refractivity contribution >= 4 is 81.9 Å². The Bertz CT molecular complexity index is 2360. The SMILES string of the molecule is CCCCC(CC)CN1C(=O)C2=C(c3ccc(-c4ccc(C=C(C(=O)O)C(=O)O)cc4)s3)N(CC(CC)CCCC)C(=O)C2=C1c1ccc(-c2ccc(C=C(C(=O)O)C(=O)O)cc2)s1. The van der Waals surface area contributed by atoms with Gasteiger partial charge in [0.25, 0.3) is 11.8 Å². The Kier molecular flexibility index (Phi) is 15.4. The van der Waals surface area contributed by atoms with Gasteiger partial charge in [-0.2, -0.15) is 0 Å². The molecule has 14 heteroatoms. The predicted molar refractivity (Wildman–Crippen MR) is 250 cm³/mol. The van der Waals surface area contributed by atoms with E-state index in [0.29, 0.717) is 46.8 Å². The highest BCUT2D eigenvalue weighted by atomic mass is 32.1. The highest BCUT2D eigenvalue weighted by Crippen LogP contribution is 2.50. The lowest BCUT2D eigenvalue weighted by atomic mass is 9.98. The molecule has 0 saturated heterocycles. The number of carboxylic acid groups (broad SMARTS) is 4. The van der Waals surface area contributed by atoms with Gasteiger partial charge in [-0.3, -0.25) is 9.59 Å². The molecule has 2 aromatic carbocycles. The number of hydrogen-bond donors (Lipinski definition) is 4. The summed E-state index contributed by atoms with van der Waals surface area (Å²) in [5, 5.41) is 37.3. The molecule has 12 nitrogen and oxygen atoms in total. The van der Waals surface area contributed by atoms with Crippen molar-refractivity contribution in [3.05, 3.63) is 116 Å². The number of carbonyl (C=O) groups is 6. The van der Waals surface area contributed by atoms with Crippen LogP contribution in [0.5, 0.6) is 0 Å². The molecule has 0 aliphatic carbocycles. The van der Waals surface area contributed by atoms with E-state index in [-0.39, 0.29) is 23.7 Å². The number of nitrogens with zero attached hydrogens (tertiary/aromatic N) is 2. The molecule has 2 unspecified atom stereocenters. The van der Waals surface area contributed by atoms with E-state index in [9.17, 15) is 39.6 Å². The third kappa shape index (κ3) is 10.2. The van der Waals surface area contributed by atoms with Crippen molar-refractivity contribution in [2.24, 2.45) is 11.8 Å². The summed E-state index contributed by atoms with van der Waals surface area (Å²) >= 11 is 2.89. The fourth-order valence-corrected chi connectivity index (χ4v) is 10.2. The Morgan fingerprint density at radius 2 is 0.844 bits per heavy atom. The summed E-state index contributed by atoms with van der Waals surface area (Å²) < 4.78 is 0. The topological polar surface area (TPSA) is 190 Å². The fraction of sp³-hybridized carbons (Fsp3) is 0.320. The molecule has 6 rings (SSSR count). The number of hydrogen-bond acceptors (Lipinski definition) is 8. The Balaban J connectivity index is 1.47. The number of rotatable bonds is 22. The molecule has 2 aliphatic heterocycles. The van der Waals surface area contributed by atoms with Crippen LogP contribution in [-0.2, 0) is 28.8 Å². The first-order chi connectivity index (χ1) is 30.7. The largest absolute Gasteiger partial charge is 0.477 e. The van der Waals surface area contributed by atoms with E-state index >= 15 is 9.59 Å². The zero-order valence-electron chi connectivity index (χ0n) is 36.3. The van der Waals surface area contributed by atoms with E-state index in [4.69, 9.17) is 0 Å². The van der Waals surface area contributed by atoms with Crippen molar-refractivity contribution in [2.75, 3.05) is 13.1 Å². The van der Waals surface area contributed by atoms with Crippen molar-refractivity contribution in [1.82, 2.24) is 9.80 Å². The number of aliphatic carboxylic acids is 4. The minimum Gasteiger partial charge on any atom is -0.477 e. The van der Waals surface area contributed by atoms with E-state index in [2.05, 4.69) is 27.7 Å². The van der Waals surface area contributed by atoms with Crippen molar-refractivity contribution < 1.29 is 49.2 Å². The lowest BCUT2D eigenvalue weighted by Crippen LogP contribution is -2.34. The molecule has 2 amide bonds. The quantitative estimate of drug-likeness (QED) is 0.0335. The van der Waals surface area contributed by atoms with Crippen molar-refractivity contribution in [2.45, 2.75) is 79.1 Å². The van der Waals surface area contributed by atoms with Gasteiger partial charge in [0, 0.05) is 22.8 Å². The summed E-state index contributed by atoms with van der Waals surface area (Å²) in [7, 11) is 0. The number of fused-ring (bicyclic) bond motifs is 1. The van der Waals surface area contributed by atoms with Gasteiger partial charge >= 0.3 is 23.9 Å². The van der Waals surface area contributed by atoms with Crippen LogP contribution in [0, 0.1) is 11.8 Å². The van der Waals surface area contributed by atoms with Crippen LogP contribution in [-0.4, -0.2) is 79.0 Å². The van der Waals surface area contributed by atoms with Gasteiger partial charge < -0.3 is 30.2 Å². The summed E-state index contributed by atoms with van der Waals surface area (Å²) in [5.74, 6) is -6.19. The molecule has 0 radical (unpaired) electrons. The average Bonchev–Trinajstić information content (AvgIpc) is 4.07. The van der Waals surface area contributed by atoms with Gasteiger partial charge in [0.2, 0.25) is 0 Å². The number of amides is 2. The van der Waals surface area contributed by atoms with Gasteiger partial charge in [0.15, 0.2) is 0 Å². The van der Waals surface area contributed by atoms with Gasteiger partial charge in [-0.1, -0.05) is 115 Å². The Labute approximate surface area is 380 Å². The van der Waals surface area contributed by atoms with Crippen LogP contribution in [0.3, 0.4) is 0 Å². The molecule has 64 heavy (non-hydrogen) atoms. The second-order valence-corrected chi connectivity index (χ2v) is 18.2. The maximum atomic E-state index is 15.2. The summed E-state index contributed by atoms with van der Waals surface area (Å²) in [6, 6.07) is 21.5. The first kappa shape index (κ1) is 47.1. The van der Waals surface area contributed by atoms with Crippen LogP contribution < -0.4 is 0 Å². The Morgan fingerprint density at radius 3 is 1.14 bits per heavy atom. The molecule has 0 fully saturated rings. The summed E-state index contributed by atoms with van der Waals surface area (Å²) in [6.45, 7) is 9.41. The van der Waals surface area contributed by atoms with Gasteiger partial charge in [-0.05, 0) is 83.3 Å². The van der Waals surface area contributed by atoms with Crippen LogP contribution in [0.4, 0.5) is 0 Å². The molecule has 334 valence electrons. The number of unbranched alkanes of at least 4 members (excludes halogenated alkanes) is 2. The fourth-order valence-electron chi connectivity index (χ4n) is 8.10. The molecule has 0 spiro atoms. The van der Waals surface area contributed by atoms with Gasteiger partial charge in [-0.15, -0.1) is 22.7 Å². The van der Waals surface area contributed by atoms with E-state index in [1.54, 1.807) is 48.5 Å². The number of thiophene rings is 2. The van der Waals surface area contributed by atoms with Crippen LogP contribution in [0.25, 0.3) is 44.4 Å². The summed E-state index contributed by atoms with van der Waals surface area (Å²) in [5.41, 5.74) is 2.88. The number of carbonyl (C=O) groups excluding carboxylic acids is 2. The second-order valence-electron chi connectivity index (χ2n) is 16.0. The monoisotopic (exact) mass is 904 g/mol. The molecular formula is C50H52N2O10S2. The predicted octanol–water partition coefficient (Wildman–Crippen LogP) is 10.5. The van der Waals surface area contributed by atoms with E-state index in [0.717, 1.165) is 94.2 Å². The lowest BCUT2D eigenvalue weighted by Gasteiger charge is -2.29. The van der Waals surface area contributed by atoms with E-state index in [1.807, 2.05) is 34.1 Å². The van der Waals surface area contributed by atoms with Crippen LogP contribution in [0.1, 0.15) is 99.9 Å². The highest BCUT2D eigenvalue weighted by Gasteiger charge is 2.50. The van der Waals surface area contributed by atoms with Crippen molar-refractivity contribution in [3.8, 4) is 20.9 Å². The molecule has 0 saturated carbocycles. The zero-order chi connectivity index (χ0) is 46.2. The van der Waals surface area contributed by atoms with Gasteiger partial charge in [0.1, 0.15) is 11.1 Å². The van der Waals surface area contributed by atoms with Crippen LogP contribution in [0.2, 0.25) is 0 Å². The van der Waals surface area contributed by atoms with Crippen molar-refractivity contribution in [1.29, 1.82) is 0 Å². The Hall–Kier alpha value is -6.38. The highest BCUT2D eigenvalue weighted by molar-refractivity contribution is 7.17. The first-order valence-electron chi connectivity index (χ1n) is 21.6. The van der Waals surface area contributed by atoms with Gasteiger partial charge in [-0.25, -0.2) is 19.2 Å². The third-order valence-corrected chi connectivity index (χ3v) is 14.0. The zero-order valence-corrected chi connectivity index (χ0v) is 37.9. The van der Waals surface area contributed by atoms with Crippen LogP contribution >= 0.6 is 22.7 Å². The standard InChI is InChI=1S/C50H52N2O10S2/c1-5-9-11-29(7-3)27-51-43(39-23-21-37(63-39)33-17-13-31(14-18-33)25-35(47(55)56)48(57)58)41-42(45(51)53)44(52(46(41)54)28-30(8-4)12-10-6-2)40-24-22-38(64-40)34-19-15-32(16-20-34)26-36(49(59)60)50(61)62/h13-26,29-30H,5-12,27-28H2,1-4H3,(H,55,56)(H,57,58)(H,59,60)(H,61,62). The number of carboxylic acids is 4. The molecule has 4 N–H and O–H groups in total. The molecule has 4 heterocycles. The van der Waals surface area contributed by atoms with Crippen molar-refractivity contribution in [3.63, 3.8) is 0 Å². The molecule has 0 bridgehead atoms. The lowest BCUT2D eigenvalue weighted by molar-refractivity contribution is -0.142. The van der Waals surface area contributed by atoms with Crippen LogP contribution in [0.15, 0.2) is 95.1 Å². The normalized spacial score (nSPS) is 14.5. The second kappa shape index (κ2) is 20.9. The molecule has 2 atom stereocenters. The summed E-state index contributed by atoms with van der Waals surface area (Å²) in [4.78, 5) is 83.1. The molecule has 2 aliphatic rings. The maximum absolute atomic E-state index is 15.2. The molecule has 2 aromatic heterocycles. The Morgan fingerprint density at radius 1 is 0.516 bits per heavy atom.